The highest BCUT2D eigenvalue weighted by Crippen LogP contribution is 2.43. The van der Waals surface area contributed by atoms with Crippen LogP contribution in [0.5, 0.6) is 0 Å². The first-order valence-corrected chi connectivity index (χ1v) is 9.46. The second kappa shape index (κ2) is 4.83. The molecule has 0 bridgehead atoms. The van der Waals surface area contributed by atoms with Gasteiger partial charge in [0.15, 0.2) is 5.17 Å². The molecular formula is C15H14N2S3. The van der Waals surface area contributed by atoms with E-state index in [9.17, 15) is 0 Å². The second-order valence-electron chi connectivity index (χ2n) is 4.83. The van der Waals surface area contributed by atoms with Crippen LogP contribution in [0.15, 0.2) is 38.4 Å². The molecular weight excluding hydrogens is 304 g/mol. The van der Waals surface area contributed by atoms with Crippen molar-refractivity contribution in [2.24, 2.45) is 4.99 Å². The van der Waals surface area contributed by atoms with Crippen LogP contribution in [-0.4, -0.2) is 29.4 Å². The summed E-state index contributed by atoms with van der Waals surface area (Å²) in [6.07, 6.45) is 2.16. The lowest BCUT2D eigenvalue weighted by Crippen LogP contribution is -2.20. The Bertz CT molecular complexity index is 758. The number of hydrogen-bond acceptors (Lipinski definition) is 5. The summed E-state index contributed by atoms with van der Waals surface area (Å²) in [7, 11) is 0. The number of thioether (sulfide) groups is 2. The summed E-state index contributed by atoms with van der Waals surface area (Å²) in [5, 5.41) is 4.74. The average molecular weight is 318 g/mol. The third-order valence-corrected chi connectivity index (χ3v) is 6.35. The standard InChI is InChI=1S/C15H14N2S3/c1-9-14(17-5-4-16-15(17)20-9)10-7-12(18-2)11-3-6-19-13(11)8-10/h3,6-8H,4-5H2,1-2H3. The van der Waals surface area contributed by atoms with Crippen LogP contribution in [0.4, 0.5) is 0 Å². The van der Waals surface area contributed by atoms with Crippen LogP contribution in [0.2, 0.25) is 0 Å². The molecule has 2 aliphatic rings. The number of nitrogens with zero attached hydrogens (tertiary/aromatic N) is 2. The quantitative estimate of drug-likeness (QED) is 0.744. The highest BCUT2D eigenvalue weighted by Gasteiger charge is 2.31. The Morgan fingerprint density at radius 3 is 3.10 bits per heavy atom. The first-order chi connectivity index (χ1) is 9.78. The Kier molecular flexibility index (Phi) is 3.09. The number of hydrogen-bond donors (Lipinski definition) is 0. The van der Waals surface area contributed by atoms with Gasteiger partial charge in [0, 0.05) is 32.0 Å². The van der Waals surface area contributed by atoms with Crippen molar-refractivity contribution < 1.29 is 0 Å². The van der Waals surface area contributed by atoms with Crippen LogP contribution >= 0.6 is 34.9 Å². The molecule has 20 heavy (non-hydrogen) atoms. The van der Waals surface area contributed by atoms with Gasteiger partial charge in [0.2, 0.25) is 0 Å². The zero-order valence-electron chi connectivity index (χ0n) is 11.3. The maximum atomic E-state index is 4.58. The van der Waals surface area contributed by atoms with E-state index < -0.39 is 0 Å². The van der Waals surface area contributed by atoms with Gasteiger partial charge in [-0.2, -0.15) is 0 Å². The van der Waals surface area contributed by atoms with Gasteiger partial charge in [-0.3, -0.25) is 4.99 Å². The smallest absolute Gasteiger partial charge is 0.168 e. The fraction of sp³-hybridized carbons (Fsp3) is 0.267. The molecule has 2 nitrogen and oxygen atoms in total. The van der Waals surface area contributed by atoms with Gasteiger partial charge in [-0.15, -0.1) is 23.1 Å². The van der Waals surface area contributed by atoms with Crippen molar-refractivity contribution in [2.75, 3.05) is 19.3 Å². The van der Waals surface area contributed by atoms with Crippen molar-refractivity contribution in [2.45, 2.75) is 11.8 Å². The minimum atomic E-state index is 0.926. The van der Waals surface area contributed by atoms with Crippen LogP contribution in [0, 0.1) is 0 Å². The highest BCUT2D eigenvalue weighted by molar-refractivity contribution is 8.17. The fourth-order valence-corrected chi connectivity index (χ4v) is 5.40. The first-order valence-electron chi connectivity index (χ1n) is 6.54. The molecule has 5 heteroatoms. The van der Waals surface area contributed by atoms with E-state index in [1.807, 2.05) is 34.9 Å². The minimum absolute atomic E-state index is 0.926. The predicted molar refractivity (Wildman–Crippen MR) is 92.8 cm³/mol. The van der Waals surface area contributed by atoms with Crippen molar-refractivity contribution in [1.82, 2.24) is 4.90 Å². The molecule has 1 aromatic carbocycles. The molecule has 0 aliphatic carbocycles. The van der Waals surface area contributed by atoms with Gasteiger partial charge in [0.25, 0.3) is 0 Å². The molecule has 2 aliphatic heterocycles. The zero-order valence-corrected chi connectivity index (χ0v) is 13.8. The molecule has 4 rings (SSSR count). The van der Waals surface area contributed by atoms with E-state index in [2.05, 4.69) is 46.7 Å². The first kappa shape index (κ1) is 12.8. The van der Waals surface area contributed by atoms with Crippen LogP contribution in [0.3, 0.4) is 0 Å². The van der Waals surface area contributed by atoms with Crippen LogP contribution in [0.25, 0.3) is 15.8 Å². The molecule has 0 spiro atoms. The van der Waals surface area contributed by atoms with Gasteiger partial charge in [-0.1, -0.05) is 11.8 Å². The summed E-state index contributed by atoms with van der Waals surface area (Å²) in [4.78, 5) is 9.69. The van der Waals surface area contributed by atoms with Gasteiger partial charge in [0.05, 0.1) is 12.2 Å². The summed E-state index contributed by atoms with van der Waals surface area (Å²) in [5.74, 6) is 0. The predicted octanol–water partition coefficient (Wildman–Crippen LogP) is 4.73. The molecule has 102 valence electrons. The minimum Gasteiger partial charge on any atom is -0.318 e. The van der Waals surface area contributed by atoms with E-state index in [-0.39, 0.29) is 0 Å². The Morgan fingerprint density at radius 2 is 2.25 bits per heavy atom. The lowest BCUT2D eigenvalue weighted by atomic mass is 10.1. The van der Waals surface area contributed by atoms with E-state index in [1.165, 1.54) is 36.3 Å². The molecule has 1 aromatic heterocycles. The number of amidine groups is 1. The van der Waals surface area contributed by atoms with Gasteiger partial charge < -0.3 is 4.90 Å². The molecule has 3 heterocycles. The third-order valence-electron chi connectivity index (χ3n) is 3.68. The molecule has 0 N–H and O–H groups in total. The van der Waals surface area contributed by atoms with E-state index in [4.69, 9.17) is 0 Å². The fourth-order valence-electron chi connectivity index (χ4n) is 2.80. The number of aliphatic imine (C=N–C) groups is 1. The Morgan fingerprint density at radius 1 is 1.35 bits per heavy atom. The number of thiophene rings is 1. The van der Waals surface area contributed by atoms with Gasteiger partial charge in [0.1, 0.15) is 0 Å². The molecule has 0 radical (unpaired) electrons. The van der Waals surface area contributed by atoms with E-state index in [0.717, 1.165) is 13.1 Å². The Balaban J connectivity index is 1.90. The van der Waals surface area contributed by atoms with Crippen LogP contribution in [-0.2, 0) is 0 Å². The molecule has 2 aromatic rings. The number of allylic oxidation sites excluding steroid dienone is 1. The number of benzene rings is 1. The zero-order chi connectivity index (χ0) is 13.7. The van der Waals surface area contributed by atoms with E-state index in [0.29, 0.717) is 0 Å². The Hall–Kier alpha value is -0.910. The summed E-state index contributed by atoms with van der Waals surface area (Å²) in [6, 6.07) is 6.89. The maximum Gasteiger partial charge on any atom is 0.168 e. The van der Waals surface area contributed by atoms with Crippen molar-refractivity contribution in [1.29, 1.82) is 0 Å². The monoisotopic (exact) mass is 318 g/mol. The van der Waals surface area contributed by atoms with Crippen molar-refractivity contribution in [3.63, 3.8) is 0 Å². The average Bonchev–Trinajstić information content (AvgIpc) is 3.11. The number of fused-ring (bicyclic) bond motifs is 2. The third kappa shape index (κ3) is 1.84. The lowest BCUT2D eigenvalue weighted by molar-refractivity contribution is 0.648. The SMILES string of the molecule is CSc1cc(C2=C(C)SC3=NCCN32)cc2sccc12. The maximum absolute atomic E-state index is 4.58. The van der Waals surface area contributed by atoms with Gasteiger partial charge >= 0.3 is 0 Å². The van der Waals surface area contributed by atoms with Crippen molar-refractivity contribution in [3.05, 3.63) is 34.0 Å². The molecule has 0 saturated carbocycles. The van der Waals surface area contributed by atoms with Gasteiger partial charge in [-0.25, -0.2) is 0 Å². The van der Waals surface area contributed by atoms with Crippen molar-refractivity contribution >= 4 is 55.8 Å². The molecule has 0 atom stereocenters. The summed E-state index contributed by atoms with van der Waals surface area (Å²) in [5.41, 5.74) is 2.69. The van der Waals surface area contributed by atoms with E-state index >= 15 is 0 Å². The summed E-state index contributed by atoms with van der Waals surface area (Å²) in [6.45, 7) is 4.15. The van der Waals surface area contributed by atoms with Gasteiger partial charge in [-0.05, 0) is 36.8 Å². The lowest BCUT2D eigenvalue weighted by Gasteiger charge is -2.18. The molecule has 0 saturated heterocycles. The normalized spacial score (nSPS) is 18.1. The van der Waals surface area contributed by atoms with Crippen LogP contribution < -0.4 is 0 Å². The molecule has 0 amide bonds. The topological polar surface area (TPSA) is 15.6 Å². The summed E-state index contributed by atoms with van der Waals surface area (Å²) >= 11 is 5.47. The Labute approximate surface area is 131 Å². The highest BCUT2D eigenvalue weighted by atomic mass is 32.2. The largest absolute Gasteiger partial charge is 0.318 e. The van der Waals surface area contributed by atoms with Crippen LogP contribution in [0.1, 0.15) is 12.5 Å². The summed E-state index contributed by atoms with van der Waals surface area (Å²) < 4.78 is 1.38. The van der Waals surface area contributed by atoms with Crippen molar-refractivity contribution in [3.8, 4) is 0 Å². The number of rotatable bonds is 2. The molecule has 0 fully saturated rings. The van der Waals surface area contributed by atoms with E-state index in [1.54, 1.807) is 0 Å². The molecule has 0 unspecified atom stereocenters. The second-order valence-corrected chi connectivity index (χ2v) is 7.81.